The van der Waals surface area contributed by atoms with Gasteiger partial charge in [0.2, 0.25) is 5.91 Å². The molecular weight excluding hydrogens is 584 g/mol. The molecule has 2 aliphatic rings. The van der Waals surface area contributed by atoms with Gasteiger partial charge in [0.1, 0.15) is 17.1 Å². The Bertz CT molecular complexity index is 1400. The molecule has 202 valence electrons. The predicted molar refractivity (Wildman–Crippen MR) is 154 cm³/mol. The lowest BCUT2D eigenvalue weighted by atomic mass is 10.1. The van der Waals surface area contributed by atoms with Crippen LogP contribution >= 0.6 is 27.7 Å². The predicted octanol–water partition coefficient (Wildman–Crippen LogP) is 4.64. The van der Waals surface area contributed by atoms with Crippen LogP contribution in [0.2, 0.25) is 0 Å². The first-order valence-corrected chi connectivity index (χ1v) is 14.0. The number of aromatic nitrogens is 2. The highest BCUT2D eigenvalue weighted by molar-refractivity contribution is 9.10. The van der Waals surface area contributed by atoms with Gasteiger partial charge in [0, 0.05) is 37.1 Å². The van der Waals surface area contributed by atoms with Crippen molar-refractivity contribution in [1.82, 2.24) is 20.2 Å². The molecule has 0 saturated carbocycles. The number of methoxy groups -OCH3 is 1. The Morgan fingerprint density at radius 2 is 1.97 bits per heavy atom. The van der Waals surface area contributed by atoms with E-state index in [1.54, 1.807) is 25.3 Å². The first-order chi connectivity index (χ1) is 18.9. The first-order valence-electron chi connectivity index (χ1n) is 12.2. The second-order valence-electron chi connectivity index (χ2n) is 8.86. The number of amides is 3. The monoisotopic (exact) mass is 610 g/mol. The Balaban J connectivity index is 1.27. The molecule has 10 nitrogen and oxygen atoms in total. The Labute approximate surface area is 238 Å². The van der Waals surface area contributed by atoms with Crippen molar-refractivity contribution < 1.29 is 19.1 Å². The number of urea groups is 1. The van der Waals surface area contributed by atoms with Gasteiger partial charge in [0.25, 0.3) is 0 Å². The maximum atomic E-state index is 12.9. The maximum Gasteiger partial charge on any atom is 0.332 e. The first kappa shape index (κ1) is 27.1. The van der Waals surface area contributed by atoms with E-state index in [2.05, 4.69) is 48.0 Å². The number of fused-ring (bicyclic) bond motifs is 1. The molecule has 2 aliphatic heterocycles. The van der Waals surface area contributed by atoms with Crippen LogP contribution in [-0.2, 0) is 16.1 Å². The van der Waals surface area contributed by atoms with Gasteiger partial charge < -0.3 is 20.1 Å². The number of benzene rings is 2. The zero-order chi connectivity index (χ0) is 27.4. The van der Waals surface area contributed by atoms with Gasteiger partial charge in [-0.2, -0.15) is 0 Å². The molecule has 0 unspecified atom stereocenters. The number of anilines is 3. The summed E-state index contributed by atoms with van der Waals surface area (Å²) in [6.45, 7) is 8.22. The normalized spacial score (nSPS) is 15.5. The summed E-state index contributed by atoms with van der Waals surface area (Å²) in [5.41, 5.74) is 3.40. The van der Waals surface area contributed by atoms with Crippen LogP contribution in [0.4, 0.5) is 22.0 Å². The summed E-state index contributed by atoms with van der Waals surface area (Å²) < 4.78 is 11.5. The average molecular weight is 612 g/mol. The van der Waals surface area contributed by atoms with E-state index in [0.717, 1.165) is 43.0 Å². The highest BCUT2D eigenvalue weighted by Gasteiger charge is 2.32. The van der Waals surface area contributed by atoms with Crippen LogP contribution in [-0.4, -0.2) is 66.0 Å². The SMILES string of the molecule is C=C1NC(=O)N(c2ccc(Br)c(OC)c2)c2ncnc(SCC(=O)Nc3ccc(CN4CCOCC4)cc3)c21. The van der Waals surface area contributed by atoms with Gasteiger partial charge in [0.15, 0.2) is 5.82 Å². The second-order valence-corrected chi connectivity index (χ2v) is 10.7. The van der Waals surface area contributed by atoms with Crippen molar-refractivity contribution in [3.05, 3.63) is 71.0 Å². The number of ether oxygens (including phenoxy) is 2. The molecule has 3 aromatic rings. The van der Waals surface area contributed by atoms with Crippen molar-refractivity contribution in [2.45, 2.75) is 11.6 Å². The number of carbonyl (C=O) groups is 2. The molecule has 0 atom stereocenters. The summed E-state index contributed by atoms with van der Waals surface area (Å²) in [6.07, 6.45) is 1.38. The highest BCUT2D eigenvalue weighted by atomic mass is 79.9. The number of hydrogen-bond acceptors (Lipinski definition) is 8. The van der Waals surface area contributed by atoms with Gasteiger partial charge in [0.05, 0.1) is 41.8 Å². The smallest absolute Gasteiger partial charge is 0.332 e. The number of nitrogens with one attached hydrogen (secondary N) is 2. The van der Waals surface area contributed by atoms with E-state index in [9.17, 15) is 9.59 Å². The fraction of sp³-hybridized carbons (Fsp3) is 0.259. The minimum Gasteiger partial charge on any atom is -0.495 e. The van der Waals surface area contributed by atoms with E-state index in [1.807, 2.05) is 24.3 Å². The largest absolute Gasteiger partial charge is 0.495 e. The van der Waals surface area contributed by atoms with Crippen molar-refractivity contribution >= 4 is 62.5 Å². The van der Waals surface area contributed by atoms with Crippen LogP contribution < -0.4 is 20.3 Å². The lowest BCUT2D eigenvalue weighted by Gasteiger charge is -2.30. The molecule has 3 heterocycles. The number of carbonyl (C=O) groups excluding carboxylic acids is 2. The Morgan fingerprint density at radius 3 is 2.72 bits per heavy atom. The second kappa shape index (κ2) is 12.2. The third-order valence-corrected chi connectivity index (χ3v) is 7.89. The fourth-order valence-electron chi connectivity index (χ4n) is 4.32. The van der Waals surface area contributed by atoms with Gasteiger partial charge >= 0.3 is 6.03 Å². The Hall–Kier alpha value is -3.45. The lowest BCUT2D eigenvalue weighted by molar-refractivity contribution is -0.113. The van der Waals surface area contributed by atoms with Crippen LogP contribution in [0.25, 0.3) is 5.70 Å². The molecule has 5 rings (SSSR count). The van der Waals surface area contributed by atoms with Crippen molar-refractivity contribution in [2.24, 2.45) is 0 Å². The third kappa shape index (κ3) is 6.25. The number of halogens is 1. The molecule has 12 heteroatoms. The summed E-state index contributed by atoms with van der Waals surface area (Å²) in [6, 6.07) is 12.8. The van der Waals surface area contributed by atoms with Crippen molar-refractivity contribution in [3.8, 4) is 5.75 Å². The van der Waals surface area contributed by atoms with Crippen LogP contribution in [0.15, 0.2) is 64.9 Å². The molecule has 2 N–H and O–H groups in total. The molecule has 39 heavy (non-hydrogen) atoms. The Kier molecular flexibility index (Phi) is 8.46. The number of nitrogens with zero attached hydrogens (tertiary/aromatic N) is 4. The van der Waals surface area contributed by atoms with Crippen LogP contribution in [0.3, 0.4) is 0 Å². The minimum absolute atomic E-state index is 0.117. The molecule has 1 saturated heterocycles. The topological polar surface area (TPSA) is 109 Å². The Morgan fingerprint density at radius 1 is 1.21 bits per heavy atom. The molecule has 0 spiro atoms. The van der Waals surface area contributed by atoms with E-state index >= 15 is 0 Å². The number of morpholine rings is 1. The van der Waals surface area contributed by atoms with E-state index in [4.69, 9.17) is 9.47 Å². The quantitative estimate of drug-likeness (QED) is 0.280. The van der Waals surface area contributed by atoms with Crippen LogP contribution in [0.5, 0.6) is 5.75 Å². The summed E-state index contributed by atoms with van der Waals surface area (Å²) >= 11 is 4.68. The van der Waals surface area contributed by atoms with Crippen molar-refractivity contribution in [1.29, 1.82) is 0 Å². The molecule has 0 aliphatic carbocycles. The van der Waals surface area contributed by atoms with Gasteiger partial charge in [-0.05, 0) is 45.8 Å². The van der Waals surface area contributed by atoms with Gasteiger partial charge in [-0.15, -0.1) is 0 Å². The molecular formula is C27H27BrN6O4S. The molecule has 1 aromatic heterocycles. The van der Waals surface area contributed by atoms with Gasteiger partial charge in [-0.25, -0.2) is 19.7 Å². The summed E-state index contributed by atoms with van der Waals surface area (Å²) in [5.74, 6) is 0.891. The van der Waals surface area contributed by atoms with Crippen LogP contribution in [0, 0.1) is 0 Å². The van der Waals surface area contributed by atoms with Gasteiger partial charge in [-0.3, -0.25) is 9.69 Å². The molecule has 2 aromatic carbocycles. The van der Waals surface area contributed by atoms with E-state index < -0.39 is 6.03 Å². The summed E-state index contributed by atoms with van der Waals surface area (Å²) in [5, 5.41) is 6.25. The lowest BCUT2D eigenvalue weighted by Crippen LogP contribution is -2.41. The zero-order valence-electron chi connectivity index (χ0n) is 21.3. The van der Waals surface area contributed by atoms with Crippen LogP contribution in [0.1, 0.15) is 11.1 Å². The fourth-order valence-corrected chi connectivity index (χ4v) is 5.55. The minimum atomic E-state index is -0.402. The van der Waals surface area contributed by atoms with E-state index in [-0.39, 0.29) is 11.7 Å². The maximum absolute atomic E-state index is 12.9. The molecule has 1 fully saturated rings. The summed E-state index contributed by atoms with van der Waals surface area (Å²) in [4.78, 5) is 38.2. The molecule has 0 bridgehead atoms. The molecule has 0 radical (unpaired) electrons. The highest BCUT2D eigenvalue weighted by Crippen LogP contribution is 2.40. The standard InChI is InChI=1S/C27H27BrN6O4S/c1-17-24-25(34(27(36)31-17)20-7-8-21(28)22(13-20)37-2)29-16-30-26(24)39-15-23(35)32-19-5-3-18(4-6-19)14-33-9-11-38-12-10-33/h3-8,13,16H,1,9-12,14-15H2,2H3,(H,31,36)(H,32,35). The number of rotatable bonds is 8. The van der Waals surface area contributed by atoms with Crippen molar-refractivity contribution in [3.63, 3.8) is 0 Å². The molecule has 3 amide bonds. The number of hydrogen-bond donors (Lipinski definition) is 2. The van der Waals surface area contributed by atoms with E-state index in [1.165, 1.54) is 28.6 Å². The zero-order valence-corrected chi connectivity index (χ0v) is 23.7. The van der Waals surface area contributed by atoms with E-state index in [0.29, 0.717) is 33.5 Å². The summed E-state index contributed by atoms with van der Waals surface area (Å²) in [7, 11) is 1.55. The number of thioether (sulfide) groups is 1. The van der Waals surface area contributed by atoms with Gasteiger partial charge in [-0.1, -0.05) is 30.5 Å². The average Bonchev–Trinajstić information content (AvgIpc) is 2.94. The van der Waals surface area contributed by atoms with Crippen molar-refractivity contribution in [2.75, 3.05) is 49.4 Å². The third-order valence-electron chi connectivity index (χ3n) is 6.25.